The molecule has 0 fully saturated rings. The Morgan fingerprint density at radius 3 is 2.10 bits per heavy atom. The van der Waals surface area contributed by atoms with Gasteiger partial charge >= 0.3 is 0 Å². The van der Waals surface area contributed by atoms with E-state index >= 15 is 0 Å². The molecular weight excluding hydrogens is 356 g/mol. The summed E-state index contributed by atoms with van der Waals surface area (Å²) in [7, 11) is 0. The molecule has 2 nitrogen and oxygen atoms in total. The summed E-state index contributed by atoms with van der Waals surface area (Å²) in [6.07, 6.45) is 5.17. The zero-order chi connectivity index (χ0) is 20.1. The summed E-state index contributed by atoms with van der Waals surface area (Å²) in [6.45, 7) is 0. The van der Waals surface area contributed by atoms with E-state index in [1.165, 1.54) is 11.1 Å². The number of aliphatic hydroxyl groups excluding tert-OH is 1. The van der Waals surface area contributed by atoms with Crippen molar-refractivity contribution in [1.82, 2.24) is 0 Å². The second kappa shape index (κ2) is 8.74. The first-order chi connectivity index (χ1) is 14.2. The Kier molecular flexibility index (Phi) is 5.71. The van der Waals surface area contributed by atoms with Crippen LogP contribution >= 0.6 is 0 Å². The SMILES string of the molecule is O=C(C1=C(O)/C(=C/c2ccc(Cc3ccccc3)cc2)CCC1)c1ccccc1. The highest BCUT2D eigenvalue weighted by Gasteiger charge is 2.23. The van der Waals surface area contributed by atoms with E-state index in [1.54, 1.807) is 12.1 Å². The molecule has 0 saturated heterocycles. The Morgan fingerprint density at radius 1 is 0.793 bits per heavy atom. The van der Waals surface area contributed by atoms with Gasteiger partial charge in [-0.1, -0.05) is 84.9 Å². The smallest absolute Gasteiger partial charge is 0.192 e. The molecule has 0 amide bonds. The lowest BCUT2D eigenvalue weighted by Gasteiger charge is -2.18. The quantitative estimate of drug-likeness (QED) is 0.510. The van der Waals surface area contributed by atoms with Crippen LogP contribution in [0.5, 0.6) is 0 Å². The predicted octanol–water partition coefficient (Wildman–Crippen LogP) is 6.54. The third-order valence-corrected chi connectivity index (χ3v) is 5.34. The minimum Gasteiger partial charge on any atom is -0.507 e. The van der Waals surface area contributed by atoms with Crippen LogP contribution in [0.3, 0.4) is 0 Å². The number of rotatable bonds is 5. The normalized spacial score (nSPS) is 15.5. The van der Waals surface area contributed by atoms with E-state index in [4.69, 9.17) is 0 Å². The molecule has 0 bridgehead atoms. The van der Waals surface area contributed by atoms with Gasteiger partial charge in [-0.2, -0.15) is 0 Å². The molecule has 0 unspecified atom stereocenters. The lowest BCUT2D eigenvalue weighted by Crippen LogP contribution is -2.12. The standard InChI is InChI=1S/C27H24O2/c28-26(23-10-5-2-6-11-23)25-13-7-12-24(27(25)29)19-22-16-14-21(15-17-22)18-20-8-3-1-4-9-20/h1-6,8-11,14-17,19,29H,7,12-13,18H2/b24-19+. The summed E-state index contributed by atoms with van der Waals surface area (Å²) in [4.78, 5) is 12.8. The molecule has 0 aromatic heterocycles. The molecule has 1 aliphatic carbocycles. The third kappa shape index (κ3) is 4.55. The fourth-order valence-corrected chi connectivity index (χ4v) is 3.78. The van der Waals surface area contributed by atoms with Crippen LogP contribution in [0.4, 0.5) is 0 Å². The molecular formula is C27H24O2. The summed E-state index contributed by atoms with van der Waals surface area (Å²) < 4.78 is 0. The van der Waals surface area contributed by atoms with E-state index in [0.29, 0.717) is 17.6 Å². The molecule has 0 heterocycles. The second-order valence-electron chi connectivity index (χ2n) is 7.45. The number of allylic oxidation sites excluding steroid dienone is 2. The van der Waals surface area contributed by atoms with Crippen LogP contribution in [0.1, 0.15) is 46.3 Å². The van der Waals surface area contributed by atoms with Gasteiger partial charge in [0.25, 0.3) is 0 Å². The van der Waals surface area contributed by atoms with Crippen LogP contribution < -0.4 is 0 Å². The first-order valence-electron chi connectivity index (χ1n) is 10.1. The number of hydrogen-bond donors (Lipinski definition) is 1. The fourth-order valence-electron chi connectivity index (χ4n) is 3.78. The van der Waals surface area contributed by atoms with Crippen LogP contribution in [0.2, 0.25) is 0 Å². The fraction of sp³-hybridized carbons (Fsp3) is 0.148. The van der Waals surface area contributed by atoms with E-state index in [9.17, 15) is 9.90 Å². The molecule has 0 saturated carbocycles. The molecule has 1 aliphatic rings. The van der Waals surface area contributed by atoms with Gasteiger partial charge < -0.3 is 5.11 Å². The van der Waals surface area contributed by atoms with E-state index in [0.717, 1.165) is 30.4 Å². The van der Waals surface area contributed by atoms with Crippen molar-refractivity contribution >= 4 is 11.9 Å². The maximum atomic E-state index is 12.8. The van der Waals surface area contributed by atoms with Crippen molar-refractivity contribution in [2.24, 2.45) is 0 Å². The average molecular weight is 380 g/mol. The van der Waals surface area contributed by atoms with Crippen LogP contribution in [0.15, 0.2) is 102 Å². The summed E-state index contributed by atoms with van der Waals surface area (Å²) >= 11 is 0. The first kappa shape index (κ1) is 18.9. The molecule has 0 radical (unpaired) electrons. The van der Waals surface area contributed by atoms with E-state index < -0.39 is 0 Å². The van der Waals surface area contributed by atoms with Crippen molar-refractivity contribution in [2.75, 3.05) is 0 Å². The molecule has 2 heteroatoms. The lowest BCUT2D eigenvalue weighted by atomic mass is 9.87. The first-order valence-corrected chi connectivity index (χ1v) is 10.1. The van der Waals surface area contributed by atoms with Gasteiger partial charge in [-0.25, -0.2) is 0 Å². The molecule has 0 spiro atoms. The number of aliphatic hydroxyl groups is 1. The van der Waals surface area contributed by atoms with Crippen LogP contribution in [0, 0.1) is 0 Å². The number of benzene rings is 3. The largest absolute Gasteiger partial charge is 0.507 e. The molecule has 1 N–H and O–H groups in total. The molecule has 0 atom stereocenters. The average Bonchev–Trinajstić information content (AvgIpc) is 2.77. The van der Waals surface area contributed by atoms with Crippen molar-refractivity contribution in [3.63, 3.8) is 0 Å². The molecule has 0 aliphatic heterocycles. The van der Waals surface area contributed by atoms with E-state index in [1.807, 2.05) is 30.3 Å². The zero-order valence-corrected chi connectivity index (χ0v) is 16.3. The van der Waals surface area contributed by atoms with Gasteiger partial charge in [0.15, 0.2) is 5.78 Å². The van der Waals surface area contributed by atoms with Crippen LogP contribution in [-0.2, 0) is 6.42 Å². The highest BCUT2D eigenvalue weighted by Crippen LogP contribution is 2.31. The van der Waals surface area contributed by atoms with Gasteiger partial charge in [0.2, 0.25) is 0 Å². The van der Waals surface area contributed by atoms with Gasteiger partial charge in [-0.05, 0) is 54.0 Å². The van der Waals surface area contributed by atoms with Gasteiger partial charge in [0.1, 0.15) is 5.76 Å². The van der Waals surface area contributed by atoms with Crippen LogP contribution in [0.25, 0.3) is 6.08 Å². The Balaban J connectivity index is 1.55. The molecule has 144 valence electrons. The Labute approximate surface area is 171 Å². The molecule has 4 rings (SSSR count). The predicted molar refractivity (Wildman–Crippen MR) is 118 cm³/mol. The minimum absolute atomic E-state index is 0.0769. The van der Waals surface area contributed by atoms with Gasteiger partial charge in [-0.15, -0.1) is 0 Å². The van der Waals surface area contributed by atoms with Gasteiger partial charge in [0.05, 0.1) is 0 Å². The number of carbonyl (C=O) groups is 1. The van der Waals surface area contributed by atoms with Crippen LogP contribution in [-0.4, -0.2) is 10.9 Å². The monoisotopic (exact) mass is 380 g/mol. The van der Waals surface area contributed by atoms with E-state index in [-0.39, 0.29) is 11.5 Å². The topological polar surface area (TPSA) is 37.3 Å². The van der Waals surface area contributed by atoms with Gasteiger partial charge in [0, 0.05) is 11.1 Å². The number of hydrogen-bond acceptors (Lipinski definition) is 2. The molecule has 3 aromatic rings. The second-order valence-corrected chi connectivity index (χ2v) is 7.45. The third-order valence-electron chi connectivity index (χ3n) is 5.34. The minimum atomic E-state index is -0.0769. The van der Waals surface area contributed by atoms with E-state index in [2.05, 4.69) is 48.5 Å². The highest BCUT2D eigenvalue weighted by molar-refractivity contribution is 6.09. The number of carbonyl (C=O) groups excluding carboxylic acids is 1. The van der Waals surface area contributed by atoms with Crippen molar-refractivity contribution in [2.45, 2.75) is 25.7 Å². The van der Waals surface area contributed by atoms with Gasteiger partial charge in [-0.3, -0.25) is 4.79 Å². The summed E-state index contributed by atoms with van der Waals surface area (Å²) in [5.74, 6) is 0.0744. The molecule has 29 heavy (non-hydrogen) atoms. The van der Waals surface area contributed by atoms with Crippen molar-refractivity contribution in [3.05, 3.63) is 124 Å². The lowest BCUT2D eigenvalue weighted by molar-refractivity contribution is 0.102. The Bertz CT molecular complexity index is 1040. The number of Topliss-reactive ketones (excluding diaryl/α,β-unsaturated/α-hetero) is 1. The van der Waals surface area contributed by atoms with Crippen molar-refractivity contribution < 1.29 is 9.90 Å². The Morgan fingerprint density at radius 2 is 1.41 bits per heavy atom. The van der Waals surface area contributed by atoms with Crippen molar-refractivity contribution in [3.8, 4) is 0 Å². The maximum absolute atomic E-state index is 12.8. The summed E-state index contributed by atoms with van der Waals surface area (Å²) in [6, 6.07) is 28.0. The summed E-state index contributed by atoms with van der Waals surface area (Å²) in [5, 5.41) is 10.8. The summed E-state index contributed by atoms with van der Waals surface area (Å²) in [5.41, 5.74) is 5.57. The maximum Gasteiger partial charge on any atom is 0.192 e. The highest BCUT2D eigenvalue weighted by atomic mass is 16.3. The Hall–Kier alpha value is -3.39. The number of ketones is 1. The van der Waals surface area contributed by atoms with Crippen molar-refractivity contribution in [1.29, 1.82) is 0 Å². The zero-order valence-electron chi connectivity index (χ0n) is 16.3. The molecule has 3 aromatic carbocycles.